The molecule has 1 aliphatic heterocycles. The first kappa shape index (κ1) is 23.7. The number of pyridine rings is 1. The molecule has 0 radical (unpaired) electrons. The zero-order chi connectivity index (χ0) is 22.9. The summed E-state index contributed by atoms with van der Waals surface area (Å²) in [4.78, 5) is 21.6. The van der Waals surface area contributed by atoms with E-state index in [1.165, 1.54) is 30.4 Å². The zero-order valence-electron chi connectivity index (χ0n) is 19.9. The molecular formula is C27H38N4O2. The van der Waals surface area contributed by atoms with Gasteiger partial charge in [0, 0.05) is 57.6 Å². The highest BCUT2D eigenvalue weighted by molar-refractivity contribution is 5.78. The third-order valence-electron chi connectivity index (χ3n) is 6.80. The molecule has 1 unspecified atom stereocenters. The van der Waals surface area contributed by atoms with E-state index in [-0.39, 0.29) is 17.9 Å². The molecule has 1 amide bonds. The average molecular weight is 451 g/mol. The Kier molecular flexibility index (Phi) is 8.72. The number of nitrogens with one attached hydrogen (secondary N) is 1. The van der Waals surface area contributed by atoms with Gasteiger partial charge in [-0.3, -0.25) is 19.6 Å². The summed E-state index contributed by atoms with van der Waals surface area (Å²) in [5.41, 5.74) is 2.59. The number of amides is 1. The van der Waals surface area contributed by atoms with Gasteiger partial charge in [-0.25, -0.2) is 0 Å². The molecule has 1 aromatic carbocycles. The van der Waals surface area contributed by atoms with Crippen molar-refractivity contribution >= 4 is 5.91 Å². The highest BCUT2D eigenvalue weighted by atomic mass is 16.5. The maximum Gasteiger partial charge on any atom is 0.223 e. The molecule has 2 aliphatic rings. The topological polar surface area (TPSA) is 57.7 Å². The maximum atomic E-state index is 12.3. The molecule has 1 aromatic heterocycles. The van der Waals surface area contributed by atoms with Gasteiger partial charge in [0.1, 0.15) is 11.9 Å². The Morgan fingerprint density at radius 3 is 2.30 bits per heavy atom. The van der Waals surface area contributed by atoms with Crippen molar-refractivity contribution in [2.45, 2.75) is 58.2 Å². The second-order valence-electron chi connectivity index (χ2n) is 9.57. The summed E-state index contributed by atoms with van der Waals surface area (Å²) in [7, 11) is 0. The number of benzene rings is 1. The molecular weight excluding hydrogens is 412 g/mol. The predicted octanol–water partition coefficient (Wildman–Crippen LogP) is 3.86. The molecule has 0 bridgehead atoms. The average Bonchev–Trinajstić information content (AvgIpc) is 2.86. The Labute approximate surface area is 198 Å². The van der Waals surface area contributed by atoms with Crippen LogP contribution in [0.25, 0.3) is 0 Å². The van der Waals surface area contributed by atoms with Crippen LogP contribution in [0.4, 0.5) is 0 Å². The maximum absolute atomic E-state index is 12.3. The summed E-state index contributed by atoms with van der Waals surface area (Å²) >= 11 is 0. The van der Waals surface area contributed by atoms with Crippen molar-refractivity contribution in [2.75, 3.05) is 32.7 Å². The molecule has 4 rings (SSSR count). The zero-order valence-corrected chi connectivity index (χ0v) is 19.9. The number of rotatable bonds is 9. The number of hydrogen-bond acceptors (Lipinski definition) is 5. The smallest absolute Gasteiger partial charge is 0.223 e. The molecule has 2 fully saturated rings. The first-order chi connectivity index (χ1) is 16.2. The molecule has 0 spiro atoms. The Hall–Kier alpha value is -2.44. The van der Waals surface area contributed by atoms with Crippen LogP contribution in [0.2, 0.25) is 0 Å². The van der Waals surface area contributed by atoms with Crippen LogP contribution in [0.1, 0.15) is 50.2 Å². The van der Waals surface area contributed by atoms with Gasteiger partial charge in [0.2, 0.25) is 5.91 Å². The first-order valence-electron chi connectivity index (χ1n) is 12.5. The minimum absolute atomic E-state index is 0.0451. The Morgan fingerprint density at radius 1 is 1.00 bits per heavy atom. The second-order valence-corrected chi connectivity index (χ2v) is 9.57. The standard InChI is InChI=1S/C27H38N4O2/c1-22(18-29-27(32)25-7-3-2-4-8-25)33-26-11-9-23(10-12-26)20-30-14-16-31(17-15-30)21-24-6-5-13-28-19-24/h5-6,9-13,19,22,25H,2-4,7-8,14-18,20-21H2,1H3,(H,29,32). The van der Waals surface area contributed by atoms with Gasteiger partial charge in [-0.2, -0.15) is 0 Å². The highest BCUT2D eigenvalue weighted by Crippen LogP contribution is 2.23. The highest BCUT2D eigenvalue weighted by Gasteiger charge is 2.21. The molecule has 6 heteroatoms. The van der Waals surface area contributed by atoms with E-state index in [1.807, 2.05) is 37.5 Å². The largest absolute Gasteiger partial charge is 0.489 e. The summed E-state index contributed by atoms with van der Waals surface area (Å²) in [5, 5.41) is 3.08. The molecule has 33 heavy (non-hydrogen) atoms. The number of hydrogen-bond donors (Lipinski definition) is 1. The number of ether oxygens (including phenoxy) is 1. The monoisotopic (exact) mass is 450 g/mol. The van der Waals surface area contributed by atoms with E-state index in [1.54, 1.807) is 0 Å². The van der Waals surface area contributed by atoms with Crippen molar-refractivity contribution in [3.63, 3.8) is 0 Å². The van der Waals surface area contributed by atoms with Gasteiger partial charge >= 0.3 is 0 Å². The van der Waals surface area contributed by atoms with E-state index in [0.717, 1.165) is 57.9 Å². The van der Waals surface area contributed by atoms with Crippen molar-refractivity contribution in [3.05, 3.63) is 59.9 Å². The number of aromatic nitrogens is 1. The molecule has 1 saturated carbocycles. The lowest BCUT2D eigenvalue weighted by Gasteiger charge is -2.34. The minimum atomic E-state index is -0.0451. The van der Waals surface area contributed by atoms with Crippen LogP contribution in [0.5, 0.6) is 5.75 Å². The van der Waals surface area contributed by atoms with Crippen molar-refractivity contribution in [1.82, 2.24) is 20.1 Å². The quantitative estimate of drug-likeness (QED) is 0.629. The molecule has 1 saturated heterocycles. The van der Waals surface area contributed by atoms with E-state index in [4.69, 9.17) is 4.74 Å². The second kappa shape index (κ2) is 12.1. The summed E-state index contributed by atoms with van der Waals surface area (Å²) in [6.07, 6.45) is 9.42. The van der Waals surface area contributed by atoms with Crippen molar-refractivity contribution in [3.8, 4) is 5.75 Å². The van der Waals surface area contributed by atoms with E-state index in [9.17, 15) is 4.79 Å². The van der Waals surface area contributed by atoms with E-state index < -0.39 is 0 Å². The lowest BCUT2D eigenvalue weighted by Crippen LogP contribution is -2.45. The normalized spacial score (nSPS) is 19.2. The Balaban J connectivity index is 1.15. The summed E-state index contributed by atoms with van der Waals surface area (Å²) in [5.74, 6) is 1.25. The summed E-state index contributed by atoms with van der Waals surface area (Å²) < 4.78 is 6.03. The van der Waals surface area contributed by atoms with Crippen LogP contribution in [0, 0.1) is 5.92 Å². The number of carbonyl (C=O) groups is 1. The third kappa shape index (κ3) is 7.54. The van der Waals surface area contributed by atoms with Crippen LogP contribution in [-0.2, 0) is 17.9 Å². The number of carbonyl (C=O) groups excluding carboxylic acids is 1. The fourth-order valence-electron chi connectivity index (χ4n) is 4.81. The third-order valence-corrected chi connectivity index (χ3v) is 6.80. The van der Waals surface area contributed by atoms with E-state index in [0.29, 0.717) is 6.54 Å². The van der Waals surface area contributed by atoms with Crippen LogP contribution in [-0.4, -0.2) is 59.5 Å². The fraction of sp³-hybridized carbons (Fsp3) is 0.556. The molecule has 1 N–H and O–H groups in total. The number of nitrogens with zero attached hydrogens (tertiary/aromatic N) is 3. The van der Waals surface area contributed by atoms with Gasteiger partial charge in [0.05, 0.1) is 6.54 Å². The minimum Gasteiger partial charge on any atom is -0.489 e. The van der Waals surface area contributed by atoms with Crippen LogP contribution >= 0.6 is 0 Å². The molecule has 1 atom stereocenters. The van der Waals surface area contributed by atoms with Gasteiger partial charge in [-0.05, 0) is 49.1 Å². The molecule has 6 nitrogen and oxygen atoms in total. The van der Waals surface area contributed by atoms with Crippen LogP contribution in [0.15, 0.2) is 48.8 Å². The summed E-state index contributed by atoms with van der Waals surface area (Å²) in [6.45, 7) is 8.84. The Bertz CT molecular complexity index is 844. The molecule has 178 valence electrons. The van der Waals surface area contributed by atoms with Crippen molar-refractivity contribution in [1.29, 1.82) is 0 Å². The predicted molar refractivity (Wildman–Crippen MR) is 131 cm³/mol. The van der Waals surface area contributed by atoms with Gasteiger partial charge < -0.3 is 10.1 Å². The van der Waals surface area contributed by atoms with Crippen molar-refractivity contribution in [2.24, 2.45) is 5.92 Å². The molecule has 2 heterocycles. The fourth-order valence-corrected chi connectivity index (χ4v) is 4.81. The van der Waals surface area contributed by atoms with Crippen LogP contribution in [0.3, 0.4) is 0 Å². The van der Waals surface area contributed by atoms with Gasteiger partial charge in [-0.15, -0.1) is 0 Å². The first-order valence-corrected chi connectivity index (χ1v) is 12.5. The Morgan fingerprint density at radius 2 is 1.67 bits per heavy atom. The molecule has 1 aliphatic carbocycles. The van der Waals surface area contributed by atoms with Gasteiger partial charge in [0.15, 0.2) is 0 Å². The van der Waals surface area contributed by atoms with E-state index >= 15 is 0 Å². The lowest BCUT2D eigenvalue weighted by atomic mass is 9.89. The van der Waals surface area contributed by atoms with Crippen molar-refractivity contribution < 1.29 is 9.53 Å². The van der Waals surface area contributed by atoms with Gasteiger partial charge in [0.25, 0.3) is 0 Å². The summed E-state index contributed by atoms with van der Waals surface area (Å²) in [6, 6.07) is 12.6. The molecule has 2 aromatic rings. The SMILES string of the molecule is CC(CNC(=O)C1CCCCC1)Oc1ccc(CN2CCN(Cc3cccnc3)CC2)cc1. The van der Waals surface area contributed by atoms with Crippen LogP contribution < -0.4 is 10.1 Å². The van der Waals surface area contributed by atoms with Gasteiger partial charge in [-0.1, -0.05) is 37.5 Å². The van der Waals surface area contributed by atoms with E-state index in [2.05, 4.69) is 38.3 Å². The lowest BCUT2D eigenvalue weighted by molar-refractivity contribution is -0.126. The number of piperazine rings is 1.